The van der Waals surface area contributed by atoms with Crippen LogP contribution in [0.25, 0.3) is 0 Å². The van der Waals surface area contributed by atoms with Crippen LogP contribution in [-0.2, 0) is 14.3 Å². The number of rotatable bonds is 8. The fourth-order valence-corrected chi connectivity index (χ4v) is 1.21. The largest absolute Gasteiger partial charge is 0.462 e. The topological polar surface area (TPSA) is 43.4 Å². The molecule has 92 valence electrons. The molecule has 0 aliphatic carbocycles. The molecule has 0 aromatic heterocycles. The fraction of sp³-hybridized carbons (Fsp3) is 0.692. The SMILES string of the molecule is CCCCC=C(C(C)=O)C(=O)OCCCC. The van der Waals surface area contributed by atoms with Gasteiger partial charge in [0.2, 0.25) is 0 Å². The van der Waals surface area contributed by atoms with Crippen molar-refractivity contribution in [3.8, 4) is 0 Å². The summed E-state index contributed by atoms with van der Waals surface area (Å²) in [6, 6.07) is 0. The summed E-state index contributed by atoms with van der Waals surface area (Å²) in [4.78, 5) is 22.8. The van der Waals surface area contributed by atoms with Gasteiger partial charge in [0, 0.05) is 0 Å². The Balaban J connectivity index is 4.24. The zero-order chi connectivity index (χ0) is 12.4. The molecule has 0 saturated heterocycles. The molecule has 0 fully saturated rings. The van der Waals surface area contributed by atoms with E-state index in [1.54, 1.807) is 6.08 Å². The van der Waals surface area contributed by atoms with E-state index in [9.17, 15) is 9.59 Å². The number of carbonyl (C=O) groups is 2. The number of ketones is 1. The number of unbranched alkanes of at least 4 members (excludes halogenated alkanes) is 3. The molecule has 16 heavy (non-hydrogen) atoms. The predicted octanol–water partition coefficient (Wildman–Crippen LogP) is 3.04. The standard InChI is InChI=1S/C13H22O3/c1-4-6-8-9-12(11(3)14)13(15)16-10-7-5-2/h9H,4-8,10H2,1-3H3. The molecular formula is C13H22O3. The van der Waals surface area contributed by atoms with Gasteiger partial charge in [0.1, 0.15) is 0 Å². The number of carbonyl (C=O) groups excluding carboxylic acids is 2. The maximum atomic E-state index is 11.5. The van der Waals surface area contributed by atoms with Gasteiger partial charge in [-0.3, -0.25) is 4.79 Å². The average molecular weight is 226 g/mol. The van der Waals surface area contributed by atoms with E-state index in [4.69, 9.17) is 4.74 Å². The Morgan fingerprint density at radius 3 is 2.25 bits per heavy atom. The van der Waals surface area contributed by atoms with Crippen molar-refractivity contribution >= 4 is 11.8 Å². The highest BCUT2D eigenvalue weighted by molar-refractivity contribution is 6.16. The minimum atomic E-state index is -0.475. The third kappa shape index (κ3) is 6.38. The zero-order valence-electron chi connectivity index (χ0n) is 10.5. The van der Waals surface area contributed by atoms with E-state index in [0.717, 1.165) is 32.1 Å². The van der Waals surface area contributed by atoms with Gasteiger partial charge in [-0.05, 0) is 19.8 Å². The zero-order valence-corrected chi connectivity index (χ0v) is 10.5. The Kier molecular flexibility index (Phi) is 8.49. The second kappa shape index (κ2) is 9.13. The Morgan fingerprint density at radius 1 is 1.12 bits per heavy atom. The van der Waals surface area contributed by atoms with Gasteiger partial charge in [0.25, 0.3) is 0 Å². The fourth-order valence-electron chi connectivity index (χ4n) is 1.21. The van der Waals surface area contributed by atoms with Crippen LogP contribution in [0.5, 0.6) is 0 Å². The van der Waals surface area contributed by atoms with Crippen molar-refractivity contribution in [2.45, 2.75) is 52.9 Å². The number of ether oxygens (including phenoxy) is 1. The molecule has 3 nitrogen and oxygen atoms in total. The first-order chi connectivity index (χ1) is 7.63. The predicted molar refractivity (Wildman–Crippen MR) is 64.2 cm³/mol. The molecule has 0 aromatic rings. The van der Waals surface area contributed by atoms with E-state index < -0.39 is 5.97 Å². The molecule has 0 atom stereocenters. The second-order valence-electron chi connectivity index (χ2n) is 3.81. The highest BCUT2D eigenvalue weighted by atomic mass is 16.5. The van der Waals surface area contributed by atoms with Crippen molar-refractivity contribution in [2.75, 3.05) is 6.61 Å². The summed E-state index contributed by atoms with van der Waals surface area (Å²) in [6.45, 7) is 5.89. The first-order valence-electron chi connectivity index (χ1n) is 6.01. The van der Waals surface area contributed by atoms with Crippen LogP contribution >= 0.6 is 0 Å². The molecule has 0 N–H and O–H groups in total. The lowest BCUT2D eigenvalue weighted by Gasteiger charge is -2.05. The van der Waals surface area contributed by atoms with E-state index in [2.05, 4.69) is 6.92 Å². The lowest BCUT2D eigenvalue weighted by molar-refractivity contribution is -0.140. The molecule has 0 aliphatic heterocycles. The number of Topliss-reactive ketones (excluding diaryl/α,β-unsaturated/α-hetero) is 1. The molecule has 3 heteroatoms. The van der Waals surface area contributed by atoms with Gasteiger partial charge in [0.05, 0.1) is 12.2 Å². The van der Waals surface area contributed by atoms with Gasteiger partial charge < -0.3 is 4.74 Å². The summed E-state index contributed by atoms with van der Waals surface area (Å²) < 4.78 is 5.01. The van der Waals surface area contributed by atoms with E-state index in [0.29, 0.717) is 6.61 Å². The smallest absolute Gasteiger partial charge is 0.341 e. The molecule has 0 bridgehead atoms. The highest BCUT2D eigenvalue weighted by Crippen LogP contribution is 2.06. The van der Waals surface area contributed by atoms with Crippen LogP contribution in [0.3, 0.4) is 0 Å². The highest BCUT2D eigenvalue weighted by Gasteiger charge is 2.14. The lowest BCUT2D eigenvalue weighted by atomic mass is 10.1. The summed E-state index contributed by atoms with van der Waals surface area (Å²) in [5.41, 5.74) is 0.199. The van der Waals surface area contributed by atoms with Crippen LogP contribution in [0.15, 0.2) is 11.6 Å². The monoisotopic (exact) mass is 226 g/mol. The van der Waals surface area contributed by atoms with Crippen LogP contribution < -0.4 is 0 Å². The van der Waals surface area contributed by atoms with Gasteiger partial charge in [-0.2, -0.15) is 0 Å². The minimum Gasteiger partial charge on any atom is -0.462 e. The molecule has 0 aliphatic rings. The minimum absolute atomic E-state index is 0.199. The normalized spacial score (nSPS) is 11.3. The summed E-state index contributed by atoms with van der Waals surface area (Å²) in [5, 5.41) is 0. The lowest BCUT2D eigenvalue weighted by Crippen LogP contribution is -2.14. The molecule has 0 saturated carbocycles. The van der Waals surface area contributed by atoms with Crippen molar-refractivity contribution in [1.82, 2.24) is 0 Å². The summed E-state index contributed by atoms with van der Waals surface area (Å²) in [6.07, 6.45) is 6.30. The Morgan fingerprint density at radius 2 is 1.75 bits per heavy atom. The quantitative estimate of drug-likeness (QED) is 0.210. The van der Waals surface area contributed by atoms with E-state index >= 15 is 0 Å². The van der Waals surface area contributed by atoms with Crippen molar-refractivity contribution in [1.29, 1.82) is 0 Å². The van der Waals surface area contributed by atoms with Crippen LogP contribution in [0.1, 0.15) is 52.9 Å². The van der Waals surface area contributed by atoms with Crippen molar-refractivity contribution in [3.05, 3.63) is 11.6 Å². The molecule has 0 heterocycles. The van der Waals surface area contributed by atoms with E-state index in [1.165, 1.54) is 6.92 Å². The van der Waals surface area contributed by atoms with Crippen molar-refractivity contribution < 1.29 is 14.3 Å². The third-order valence-electron chi connectivity index (χ3n) is 2.24. The number of hydrogen-bond donors (Lipinski definition) is 0. The summed E-state index contributed by atoms with van der Waals surface area (Å²) in [5.74, 6) is -0.686. The summed E-state index contributed by atoms with van der Waals surface area (Å²) in [7, 11) is 0. The van der Waals surface area contributed by atoms with Gasteiger partial charge >= 0.3 is 5.97 Å². The van der Waals surface area contributed by atoms with Crippen LogP contribution in [0.2, 0.25) is 0 Å². The van der Waals surface area contributed by atoms with Gasteiger partial charge in [-0.25, -0.2) is 4.79 Å². The van der Waals surface area contributed by atoms with Crippen molar-refractivity contribution in [2.24, 2.45) is 0 Å². The number of hydrogen-bond acceptors (Lipinski definition) is 3. The van der Waals surface area contributed by atoms with E-state index in [-0.39, 0.29) is 11.4 Å². The Bertz CT molecular complexity index is 254. The van der Waals surface area contributed by atoms with Crippen LogP contribution in [0, 0.1) is 0 Å². The third-order valence-corrected chi connectivity index (χ3v) is 2.24. The van der Waals surface area contributed by atoms with Crippen LogP contribution in [0.4, 0.5) is 0 Å². The molecule has 0 unspecified atom stereocenters. The molecule has 0 rings (SSSR count). The maximum absolute atomic E-state index is 11.5. The maximum Gasteiger partial charge on any atom is 0.341 e. The Labute approximate surface area is 97.9 Å². The van der Waals surface area contributed by atoms with Gasteiger partial charge in [0.15, 0.2) is 5.78 Å². The first kappa shape index (κ1) is 14.9. The average Bonchev–Trinajstić information content (AvgIpc) is 2.24. The first-order valence-corrected chi connectivity index (χ1v) is 6.01. The summed E-state index contributed by atoms with van der Waals surface area (Å²) >= 11 is 0. The van der Waals surface area contributed by atoms with E-state index in [1.807, 2.05) is 6.92 Å². The van der Waals surface area contributed by atoms with Gasteiger partial charge in [-0.1, -0.05) is 39.2 Å². The second-order valence-corrected chi connectivity index (χ2v) is 3.81. The van der Waals surface area contributed by atoms with Gasteiger partial charge in [-0.15, -0.1) is 0 Å². The van der Waals surface area contributed by atoms with Crippen LogP contribution in [-0.4, -0.2) is 18.4 Å². The number of allylic oxidation sites excluding steroid dienone is 1. The molecule has 0 spiro atoms. The number of esters is 1. The molecule has 0 radical (unpaired) electrons. The van der Waals surface area contributed by atoms with Crippen molar-refractivity contribution in [3.63, 3.8) is 0 Å². The molecular weight excluding hydrogens is 204 g/mol. The molecule has 0 amide bonds. The Hall–Kier alpha value is -1.12. The molecule has 0 aromatic carbocycles.